The lowest BCUT2D eigenvalue weighted by Gasteiger charge is -2.18. The molecule has 0 saturated carbocycles. The zero-order chi connectivity index (χ0) is 14.5. The van der Waals surface area contributed by atoms with Gasteiger partial charge in [0.1, 0.15) is 5.69 Å². The highest BCUT2D eigenvalue weighted by Gasteiger charge is 2.15. The van der Waals surface area contributed by atoms with Crippen LogP contribution >= 0.6 is 22.6 Å². The summed E-state index contributed by atoms with van der Waals surface area (Å²) in [6.45, 7) is 1.47. The molecule has 1 N–H and O–H groups in total. The van der Waals surface area contributed by atoms with Gasteiger partial charge in [0.15, 0.2) is 0 Å². The number of aromatic nitrogens is 1. The molecule has 0 radical (unpaired) electrons. The molecule has 1 amide bonds. The van der Waals surface area contributed by atoms with E-state index in [0.29, 0.717) is 12.2 Å². The summed E-state index contributed by atoms with van der Waals surface area (Å²) in [6.07, 6.45) is 1.92. The molecule has 106 valence electrons. The Balaban J connectivity index is 2.24. The second kappa shape index (κ2) is 6.90. The lowest BCUT2D eigenvalue weighted by atomic mass is 10.3. The van der Waals surface area contributed by atoms with Crippen LogP contribution in [0.1, 0.15) is 10.5 Å². The Bertz CT molecular complexity index is 577. The van der Waals surface area contributed by atoms with E-state index < -0.39 is 0 Å². The second-order valence-corrected chi connectivity index (χ2v) is 5.82. The van der Waals surface area contributed by atoms with E-state index in [0.717, 1.165) is 12.2 Å². The van der Waals surface area contributed by atoms with E-state index in [9.17, 15) is 4.79 Å². The molecule has 0 aliphatic rings. The van der Waals surface area contributed by atoms with Crippen molar-refractivity contribution in [2.24, 2.45) is 0 Å². The van der Waals surface area contributed by atoms with E-state index in [4.69, 9.17) is 0 Å². The summed E-state index contributed by atoms with van der Waals surface area (Å²) < 4.78 is 3.10. The Labute approximate surface area is 132 Å². The minimum Gasteiger partial charge on any atom is -0.339 e. The third kappa shape index (κ3) is 3.40. The van der Waals surface area contributed by atoms with Crippen molar-refractivity contribution >= 4 is 28.5 Å². The summed E-state index contributed by atoms with van der Waals surface area (Å²) in [5.74, 6) is 0.0313. The number of carbonyl (C=O) groups is 1. The van der Waals surface area contributed by atoms with Crippen molar-refractivity contribution in [2.75, 3.05) is 27.2 Å². The maximum atomic E-state index is 12.4. The fraction of sp³-hybridized carbons (Fsp3) is 0.267. The van der Waals surface area contributed by atoms with Crippen molar-refractivity contribution in [3.05, 3.63) is 51.9 Å². The molecule has 20 heavy (non-hydrogen) atoms. The fourth-order valence-corrected chi connectivity index (χ4v) is 2.32. The van der Waals surface area contributed by atoms with E-state index >= 15 is 0 Å². The number of halogens is 1. The SMILES string of the molecule is CNCCN(C)C(=O)c1cccn1-c1ccc(I)cc1. The number of benzene rings is 1. The standard InChI is InChI=1S/C15H18IN3O/c1-17-9-11-18(2)15(20)14-4-3-10-19(14)13-7-5-12(16)6-8-13/h3-8,10,17H,9,11H2,1-2H3. The number of rotatable bonds is 5. The molecule has 2 aromatic rings. The molecular weight excluding hydrogens is 365 g/mol. The predicted octanol–water partition coefficient (Wildman–Crippen LogP) is 2.37. The largest absolute Gasteiger partial charge is 0.339 e. The Morgan fingerprint density at radius 3 is 2.65 bits per heavy atom. The minimum atomic E-state index is 0.0313. The van der Waals surface area contributed by atoms with E-state index in [1.807, 2.05) is 61.3 Å². The van der Waals surface area contributed by atoms with Crippen LogP contribution in [0.15, 0.2) is 42.6 Å². The average Bonchev–Trinajstić information content (AvgIpc) is 2.94. The third-order valence-corrected chi connectivity index (χ3v) is 3.84. The third-order valence-electron chi connectivity index (χ3n) is 3.12. The average molecular weight is 383 g/mol. The molecule has 2 rings (SSSR count). The van der Waals surface area contributed by atoms with Gasteiger partial charge in [0.25, 0.3) is 5.91 Å². The zero-order valence-corrected chi connectivity index (χ0v) is 13.8. The smallest absolute Gasteiger partial charge is 0.270 e. The number of hydrogen-bond donors (Lipinski definition) is 1. The lowest BCUT2D eigenvalue weighted by molar-refractivity contribution is 0.0789. The Kier molecular flexibility index (Phi) is 5.19. The molecule has 4 nitrogen and oxygen atoms in total. The van der Waals surface area contributed by atoms with E-state index in [-0.39, 0.29) is 5.91 Å². The predicted molar refractivity (Wildman–Crippen MR) is 89.4 cm³/mol. The van der Waals surface area contributed by atoms with Gasteiger partial charge in [-0.2, -0.15) is 0 Å². The van der Waals surface area contributed by atoms with Gasteiger partial charge in [-0.3, -0.25) is 4.79 Å². The summed E-state index contributed by atoms with van der Waals surface area (Å²) in [7, 11) is 3.71. The number of nitrogens with one attached hydrogen (secondary N) is 1. The van der Waals surface area contributed by atoms with Crippen molar-refractivity contribution in [2.45, 2.75) is 0 Å². The first-order chi connectivity index (χ1) is 9.63. The van der Waals surface area contributed by atoms with Crippen LogP contribution in [0.4, 0.5) is 0 Å². The number of amides is 1. The molecule has 0 bridgehead atoms. The second-order valence-electron chi connectivity index (χ2n) is 4.57. The number of hydrogen-bond acceptors (Lipinski definition) is 2. The normalized spacial score (nSPS) is 10.6. The molecule has 1 aromatic heterocycles. The van der Waals surface area contributed by atoms with Gasteiger partial charge in [0, 0.05) is 35.6 Å². The summed E-state index contributed by atoms with van der Waals surface area (Å²) >= 11 is 2.27. The van der Waals surface area contributed by atoms with Gasteiger partial charge >= 0.3 is 0 Å². The van der Waals surface area contributed by atoms with E-state index in [2.05, 4.69) is 27.9 Å². The Hall–Kier alpha value is -1.34. The van der Waals surface area contributed by atoms with Crippen LogP contribution in [0.5, 0.6) is 0 Å². The first-order valence-corrected chi connectivity index (χ1v) is 7.54. The lowest BCUT2D eigenvalue weighted by Crippen LogP contribution is -2.33. The highest BCUT2D eigenvalue weighted by Crippen LogP contribution is 2.16. The number of nitrogens with zero attached hydrogens (tertiary/aromatic N) is 2. The van der Waals surface area contributed by atoms with Crippen molar-refractivity contribution < 1.29 is 4.79 Å². The van der Waals surface area contributed by atoms with Gasteiger partial charge in [-0.15, -0.1) is 0 Å². The summed E-state index contributed by atoms with van der Waals surface area (Å²) in [4.78, 5) is 14.2. The van der Waals surface area contributed by atoms with Gasteiger partial charge in [-0.1, -0.05) is 0 Å². The highest BCUT2D eigenvalue weighted by atomic mass is 127. The van der Waals surface area contributed by atoms with Crippen LogP contribution in [0.2, 0.25) is 0 Å². The van der Waals surface area contributed by atoms with Crippen LogP contribution < -0.4 is 5.32 Å². The zero-order valence-electron chi connectivity index (χ0n) is 11.6. The maximum Gasteiger partial charge on any atom is 0.270 e. The summed E-state index contributed by atoms with van der Waals surface area (Å²) in [5.41, 5.74) is 1.69. The fourth-order valence-electron chi connectivity index (χ4n) is 1.96. The van der Waals surface area contributed by atoms with Crippen molar-refractivity contribution in [1.29, 1.82) is 0 Å². The first kappa shape index (κ1) is 15.1. The van der Waals surface area contributed by atoms with Gasteiger partial charge < -0.3 is 14.8 Å². The number of carbonyl (C=O) groups excluding carboxylic acids is 1. The molecular formula is C15H18IN3O. The molecule has 0 aliphatic heterocycles. The van der Waals surface area contributed by atoms with Crippen LogP contribution in [0.3, 0.4) is 0 Å². The van der Waals surface area contributed by atoms with E-state index in [1.165, 1.54) is 3.57 Å². The van der Waals surface area contributed by atoms with Gasteiger partial charge in [-0.05, 0) is 66.0 Å². The van der Waals surface area contributed by atoms with Crippen molar-refractivity contribution in [3.8, 4) is 5.69 Å². The topological polar surface area (TPSA) is 37.3 Å². The molecule has 0 unspecified atom stereocenters. The monoisotopic (exact) mass is 383 g/mol. The minimum absolute atomic E-state index is 0.0313. The molecule has 1 aromatic carbocycles. The Morgan fingerprint density at radius 1 is 1.30 bits per heavy atom. The van der Waals surface area contributed by atoms with Gasteiger partial charge in [-0.25, -0.2) is 0 Å². The van der Waals surface area contributed by atoms with Crippen LogP contribution in [-0.4, -0.2) is 42.6 Å². The molecule has 0 aliphatic carbocycles. The van der Waals surface area contributed by atoms with Crippen LogP contribution in [0.25, 0.3) is 5.69 Å². The molecule has 5 heteroatoms. The van der Waals surface area contributed by atoms with Crippen molar-refractivity contribution in [1.82, 2.24) is 14.8 Å². The van der Waals surface area contributed by atoms with Crippen LogP contribution in [0, 0.1) is 3.57 Å². The van der Waals surface area contributed by atoms with E-state index in [1.54, 1.807) is 4.90 Å². The maximum absolute atomic E-state index is 12.4. The summed E-state index contributed by atoms with van der Waals surface area (Å²) in [6, 6.07) is 11.9. The van der Waals surface area contributed by atoms with Gasteiger partial charge in [0.2, 0.25) is 0 Å². The molecule has 0 atom stereocenters. The highest BCUT2D eigenvalue weighted by molar-refractivity contribution is 14.1. The molecule has 0 saturated heterocycles. The number of likely N-dealkylation sites (N-methyl/N-ethyl adjacent to an activating group) is 2. The Morgan fingerprint density at radius 2 is 2.00 bits per heavy atom. The molecule has 0 spiro atoms. The molecule has 1 heterocycles. The van der Waals surface area contributed by atoms with Crippen molar-refractivity contribution in [3.63, 3.8) is 0 Å². The first-order valence-electron chi connectivity index (χ1n) is 6.47. The van der Waals surface area contributed by atoms with Gasteiger partial charge in [0.05, 0.1) is 0 Å². The molecule has 0 fully saturated rings. The quantitative estimate of drug-likeness (QED) is 0.806. The van der Waals surface area contributed by atoms with Crippen LogP contribution in [-0.2, 0) is 0 Å². The summed E-state index contributed by atoms with van der Waals surface area (Å²) in [5, 5.41) is 3.05.